The molecular formula is C7H13ClN4O2S. The number of tetrazole rings is 1. The molecule has 8 heteroatoms. The Morgan fingerprint density at radius 3 is 2.73 bits per heavy atom. The van der Waals surface area contributed by atoms with Gasteiger partial charge in [-0.3, -0.25) is 0 Å². The summed E-state index contributed by atoms with van der Waals surface area (Å²) >= 11 is 5.82. The van der Waals surface area contributed by atoms with Crippen molar-refractivity contribution in [2.24, 2.45) is 0 Å². The Labute approximate surface area is 93.5 Å². The number of rotatable bonds is 5. The Balaban J connectivity index is 2.70. The van der Waals surface area contributed by atoms with E-state index >= 15 is 0 Å². The number of alkyl halides is 1. The fourth-order valence-corrected chi connectivity index (χ4v) is 1.92. The molecule has 0 saturated carbocycles. The maximum atomic E-state index is 11.3. The molecule has 0 aliphatic carbocycles. The molecule has 0 aromatic carbocycles. The maximum Gasteiger partial charge on any atom is 0.168 e. The van der Waals surface area contributed by atoms with Gasteiger partial charge in [-0.05, 0) is 17.4 Å². The summed E-state index contributed by atoms with van der Waals surface area (Å²) in [4.78, 5) is 0. The van der Waals surface area contributed by atoms with Crippen molar-refractivity contribution >= 4 is 21.4 Å². The van der Waals surface area contributed by atoms with Gasteiger partial charge in [0.2, 0.25) is 0 Å². The van der Waals surface area contributed by atoms with Crippen LogP contribution in [0.1, 0.15) is 25.0 Å². The van der Waals surface area contributed by atoms with Crippen LogP contribution in [0.5, 0.6) is 0 Å². The first-order chi connectivity index (χ1) is 6.96. The summed E-state index contributed by atoms with van der Waals surface area (Å²) in [6, 6.07) is 0. The second-order valence-electron chi connectivity index (χ2n) is 3.11. The van der Waals surface area contributed by atoms with Gasteiger partial charge in [0, 0.05) is 5.75 Å². The van der Waals surface area contributed by atoms with Crippen LogP contribution in [0.25, 0.3) is 0 Å². The third kappa shape index (κ3) is 3.42. The summed E-state index contributed by atoms with van der Waals surface area (Å²) in [6.45, 7) is 3.59. The van der Waals surface area contributed by atoms with Crippen LogP contribution in [0.15, 0.2) is 0 Å². The zero-order valence-electron chi connectivity index (χ0n) is 8.59. The fourth-order valence-electron chi connectivity index (χ4n) is 1.03. The van der Waals surface area contributed by atoms with Crippen LogP contribution < -0.4 is 0 Å². The topological polar surface area (TPSA) is 77.7 Å². The average Bonchev–Trinajstić information content (AvgIpc) is 2.63. The Morgan fingerprint density at radius 1 is 1.53 bits per heavy atom. The highest BCUT2D eigenvalue weighted by Gasteiger charge is 2.14. The molecule has 15 heavy (non-hydrogen) atoms. The van der Waals surface area contributed by atoms with E-state index in [2.05, 4.69) is 15.5 Å². The Morgan fingerprint density at radius 2 is 2.20 bits per heavy atom. The van der Waals surface area contributed by atoms with Crippen molar-refractivity contribution < 1.29 is 8.42 Å². The monoisotopic (exact) mass is 252 g/mol. The van der Waals surface area contributed by atoms with Gasteiger partial charge < -0.3 is 0 Å². The van der Waals surface area contributed by atoms with E-state index in [1.807, 2.05) is 0 Å². The molecule has 1 aromatic rings. The summed E-state index contributed by atoms with van der Waals surface area (Å²) in [6.07, 6.45) is 0. The molecule has 0 aliphatic rings. The van der Waals surface area contributed by atoms with E-state index in [1.165, 1.54) is 4.68 Å². The lowest BCUT2D eigenvalue weighted by Crippen LogP contribution is -2.17. The summed E-state index contributed by atoms with van der Waals surface area (Å²) in [7, 11) is -3.00. The summed E-state index contributed by atoms with van der Waals surface area (Å²) in [5.41, 5.74) is 0. The quantitative estimate of drug-likeness (QED) is 0.710. The van der Waals surface area contributed by atoms with Gasteiger partial charge in [0.25, 0.3) is 0 Å². The largest absolute Gasteiger partial charge is 0.229 e. The van der Waals surface area contributed by atoms with E-state index in [1.54, 1.807) is 13.8 Å². The lowest BCUT2D eigenvalue weighted by Gasteiger charge is -2.05. The van der Waals surface area contributed by atoms with Gasteiger partial charge in [-0.25, -0.2) is 13.1 Å². The van der Waals surface area contributed by atoms with Crippen LogP contribution in [0.2, 0.25) is 0 Å². The van der Waals surface area contributed by atoms with Gasteiger partial charge in [-0.2, -0.15) is 0 Å². The predicted octanol–water partition coefficient (Wildman–Crippen LogP) is 0.408. The summed E-state index contributed by atoms with van der Waals surface area (Å²) < 4.78 is 23.9. The minimum absolute atomic E-state index is 0.0329. The van der Waals surface area contributed by atoms with E-state index in [9.17, 15) is 8.42 Å². The molecule has 0 spiro atoms. The molecule has 0 N–H and O–H groups in total. The van der Waals surface area contributed by atoms with Gasteiger partial charge in [-0.1, -0.05) is 6.92 Å². The minimum Gasteiger partial charge on any atom is -0.229 e. The van der Waals surface area contributed by atoms with Crippen LogP contribution in [0.3, 0.4) is 0 Å². The van der Waals surface area contributed by atoms with Gasteiger partial charge >= 0.3 is 0 Å². The number of sulfone groups is 1. The van der Waals surface area contributed by atoms with E-state index in [0.29, 0.717) is 5.82 Å². The molecule has 1 aromatic heterocycles. The van der Waals surface area contributed by atoms with Crippen LogP contribution in [0.4, 0.5) is 0 Å². The highest BCUT2D eigenvalue weighted by Crippen LogP contribution is 2.14. The molecule has 0 fully saturated rings. The number of nitrogens with zero attached hydrogens (tertiary/aromatic N) is 4. The maximum absolute atomic E-state index is 11.3. The highest BCUT2D eigenvalue weighted by molar-refractivity contribution is 7.91. The third-order valence-corrected chi connectivity index (χ3v) is 3.85. The highest BCUT2D eigenvalue weighted by atomic mass is 35.5. The first-order valence-electron chi connectivity index (χ1n) is 4.57. The van der Waals surface area contributed by atoms with Gasteiger partial charge in [0.15, 0.2) is 15.7 Å². The SMILES string of the molecule is CCS(=O)(=O)CCn1nnnc1C(C)Cl. The lowest BCUT2D eigenvalue weighted by atomic mass is 10.4. The second kappa shape index (κ2) is 4.89. The van der Waals surface area contributed by atoms with Gasteiger partial charge in [-0.15, -0.1) is 16.7 Å². The van der Waals surface area contributed by atoms with Crippen molar-refractivity contribution in [3.63, 3.8) is 0 Å². The van der Waals surface area contributed by atoms with E-state index in [-0.39, 0.29) is 23.4 Å². The standard InChI is InChI=1S/C7H13ClN4O2S/c1-3-15(13,14)5-4-12-7(6(2)8)9-10-11-12/h6H,3-5H2,1-2H3. The second-order valence-corrected chi connectivity index (χ2v) is 6.24. The van der Waals surface area contributed by atoms with Crippen molar-refractivity contribution in [2.45, 2.75) is 25.8 Å². The van der Waals surface area contributed by atoms with Crippen LogP contribution in [0, 0.1) is 0 Å². The molecule has 0 bridgehead atoms. The molecule has 1 rings (SSSR count). The van der Waals surface area contributed by atoms with E-state index in [4.69, 9.17) is 11.6 Å². The van der Waals surface area contributed by atoms with Crippen LogP contribution >= 0.6 is 11.6 Å². The fraction of sp³-hybridized carbons (Fsp3) is 0.857. The number of hydrogen-bond acceptors (Lipinski definition) is 5. The zero-order chi connectivity index (χ0) is 11.5. The molecule has 1 heterocycles. The van der Waals surface area contributed by atoms with Crippen molar-refractivity contribution in [3.8, 4) is 0 Å². The summed E-state index contributed by atoms with van der Waals surface area (Å²) in [5, 5.41) is 10.5. The van der Waals surface area contributed by atoms with Crippen molar-refractivity contribution in [2.75, 3.05) is 11.5 Å². The van der Waals surface area contributed by atoms with Crippen LogP contribution in [-0.4, -0.2) is 40.1 Å². The van der Waals surface area contributed by atoms with Crippen LogP contribution in [-0.2, 0) is 16.4 Å². The van der Waals surface area contributed by atoms with Crippen molar-refractivity contribution in [1.29, 1.82) is 0 Å². The molecule has 86 valence electrons. The van der Waals surface area contributed by atoms with E-state index < -0.39 is 9.84 Å². The Kier molecular flexibility index (Phi) is 4.04. The first-order valence-corrected chi connectivity index (χ1v) is 6.82. The number of halogens is 1. The lowest BCUT2D eigenvalue weighted by molar-refractivity contribution is 0.566. The minimum atomic E-state index is -3.00. The first kappa shape index (κ1) is 12.4. The number of hydrogen-bond donors (Lipinski definition) is 0. The van der Waals surface area contributed by atoms with Crippen molar-refractivity contribution in [3.05, 3.63) is 5.82 Å². The van der Waals surface area contributed by atoms with Gasteiger partial charge in [0.05, 0.1) is 17.7 Å². The van der Waals surface area contributed by atoms with Crippen molar-refractivity contribution in [1.82, 2.24) is 20.2 Å². The molecule has 0 aliphatic heterocycles. The number of aryl methyl sites for hydroxylation is 1. The average molecular weight is 253 g/mol. The molecule has 0 radical (unpaired) electrons. The Hall–Kier alpha value is -0.690. The Bertz CT molecular complexity index is 414. The predicted molar refractivity (Wildman–Crippen MR) is 56.4 cm³/mol. The molecule has 0 saturated heterocycles. The molecule has 6 nitrogen and oxygen atoms in total. The normalized spacial score (nSPS) is 14.1. The summed E-state index contributed by atoms with van der Waals surface area (Å²) in [5.74, 6) is 0.648. The molecular weight excluding hydrogens is 240 g/mol. The van der Waals surface area contributed by atoms with Gasteiger partial charge in [0.1, 0.15) is 0 Å². The van der Waals surface area contributed by atoms with E-state index in [0.717, 1.165) is 0 Å². The smallest absolute Gasteiger partial charge is 0.168 e. The molecule has 1 atom stereocenters. The zero-order valence-corrected chi connectivity index (χ0v) is 10.2. The molecule has 1 unspecified atom stereocenters. The third-order valence-electron chi connectivity index (χ3n) is 1.97. The number of aromatic nitrogens is 4. The molecule has 0 amide bonds.